The lowest BCUT2D eigenvalue weighted by Crippen LogP contribution is -2.52. The molecule has 1 N–H and O–H groups in total. The van der Waals surface area contributed by atoms with E-state index in [-0.39, 0.29) is 50.6 Å². The van der Waals surface area contributed by atoms with Gasteiger partial charge in [-0.1, -0.05) is 6.07 Å². The molecule has 252 valence electrons. The van der Waals surface area contributed by atoms with Crippen LogP contribution in [-0.4, -0.2) is 96.6 Å². The number of aliphatic hydroxyl groups excluding tert-OH is 1. The second-order valence-electron chi connectivity index (χ2n) is 9.99. The van der Waals surface area contributed by atoms with Gasteiger partial charge in [0.2, 0.25) is 6.29 Å². The first-order chi connectivity index (χ1) is 20.0. The summed E-state index contributed by atoms with van der Waals surface area (Å²) in [4.78, 5) is 25.7. The van der Waals surface area contributed by atoms with Crippen LogP contribution in [0.5, 0.6) is 5.75 Å². The number of ether oxygens (including phenoxy) is 5. The van der Waals surface area contributed by atoms with Crippen molar-refractivity contribution >= 4 is 12.2 Å². The van der Waals surface area contributed by atoms with E-state index in [4.69, 9.17) is 14.2 Å². The molecule has 1 aromatic carbocycles. The van der Waals surface area contributed by atoms with Crippen LogP contribution in [0.2, 0.25) is 0 Å². The van der Waals surface area contributed by atoms with E-state index in [1.54, 1.807) is 4.90 Å². The van der Waals surface area contributed by atoms with Gasteiger partial charge in [-0.15, -0.1) is 0 Å². The minimum atomic E-state index is -5.88. The normalized spacial score (nSPS) is 16.8. The van der Waals surface area contributed by atoms with Crippen molar-refractivity contribution in [1.29, 1.82) is 0 Å². The van der Waals surface area contributed by atoms with Gasteiger partial charge in [0.15, 0.2) is 11.9 Å². The molecule has 2 rings (SSSR count). The molecule has 1 heterocycles. The summed E-state index contributed by atoms with van der Waals surface area (Å²) in [5, 5.41) is 10.5. The number of halogens is 9. The number of rotatable bonds is 10. The Labute approximate surface area is 245 Å². The van der Waals surface area contributed by atoms with Gasteiger partial charge in [-0.2, -0.15) is 39.5 Å². The number of hydrogen-bond acceptors (Lipinski definition) is 9. The Hall–Kier alpha value is -3.19. The highest BCUT2D eigenvalue weighted by Crippen LogP contribution is 2.37. The number of aliphatic hydroxyl groups is 1. The number of nitrogens with zero attached hydrogens (tertiary/aromatic N) is 2. The van der Waals surface area contributed by atoms with Crippen molar-refractivity contribution in [2.24, 2.45) is 0 Å². The summed E-state index contributed by atoms with van der Waals surface area (Å²) in [6.45, 7) is 4.28. The quantitative estimate of drug-likeness (QED) is 0.199. The second kappa shape index (κ2) is 14.3. The van der Waals surface area contributed by atoms with Gasteiger partial charge in [-0.25, -0.2) is 9.59 Å². The average molecular weight is 659 g/mol. The molecule has 0 radical (unpaired) electrons. The monoisotopic (exact) mass is 658 g/mol. The maximum atomic E-state index is 13.5. The van der Waals surface area contributed by atoms with Gasteiger partial charge in [-0.05, 0) is 39.8 Å². The highest BCUT2D eigenvalue weighted by molar-refractivity contribution is 5.68. The molecule has 0 aromatic heterocycles. The van der Waals surface area contributed by atoms with E-state index in [2.05, 4.69) is 9.47 Å². The van der Waals surface area contributed by atoms with Gasteiger partial charge in [-0.3, -0.25) is 4.90 Å². The van der Waals surface area contributed by atoms with Crippen LogP contribution in [0.1, 0.15) is 38.8 Å². The standard InChI is InChI=1S/C25H31F9N2O8/c1-5-40-21(39)42-14(2)41-19(37)22(3,4)44-17-12-16(23(26,27)28)7-6-15(17)13-35-8-10-36(11-9-35)20(38)43-18(24(29,30)31)25(32,33)34/h6-7,12,14,18-19,37H,5,8-11,13H2,1-4H3. The maximum absolute atomic E-state index is 13.5. The van der Waals surface area contributed by atoms with Crippen LogP contribution < -0.4 is 4.74 Å². The molecule has 0 bridgehead atoms. The zero-order valence-electron chi connectivity index (χ0n) is 23.8. The van der Waals surface area contributed by atoms with Crippen LogP contribution in [0.3, 0.4) is 0 Å². The van der Waals surface area contributed by atoms with Crippen molar-refractivity contribution in [2.75, 3.05) is 32.8 Å². The molecule has 1 saturated heterocycles. The summed E-state index contributed by atoms with van der Waals surface area (Å²) in [6, 6.07) is 2.52. The van der Waals surface area contributed by atoms with E-state index in [0.29, 0.717) is 11.0 Å². The Morgan fingerprint density at radius 1 is 0.932 bits per heavy atom. The molecule has 0 aliphatic carbocycles. The van der Waals surface area contributed by atoms with Crippen molar-refractivity contribution in [3.63, 3.8) is 0 Å². The van der Waals surface area contributed by atoms with Gasteiger partial charge in [0.05, 0.1) is 12.2 Å². The number of hydrogen-bond donors (Lipinski definition) is 1. The van der Waals surface area contributed by atoms with Gasteiger partial charge >= 0.3 is 30.8 Å². The molecular weight excluding hydrogens is 627 g/mol. The number of carbonyl (C=O) groups is 2. The van der Waals surface area contributed by atoms with Gasteiger partial charge < -0.3 is 33.7 Å². The van der Waals surface area contributed by atoms with Crippen LogP contribution in [0.15, 0.2) is 18.2 Å². The lowest BCUT2D eigenvalue weighted by Gasteiger charge is -2.36. The lowest BCUT2D eigenvalue weighted by molar-refractivity contribution is -0.308. The molecule has 10 nitrogen and oxygen atoms in total. The van der Waals surface area contributed by atoms with Crippen LogP contribution in [0.25, 0.3) is 0 Å². The van der Waals surface area contributed by atoms with Crippen molar-refractivity contribution in [2.45, 2.75) is 77.1 Å². The minimum Gasteiger partial charge on any atom is -0.482 e. The molecular formula is C25H31F9N2O8. The van der Waals surface area contributed by atoms with E-state index in [9.17, 15) is 54.2 Å². The molecule has 1 amide bonds. The maximum Gasteiger partial charge on any atom is 0.510 e. The average Bonchev–Trinajstić information content (AvgIpc) is 2.86. The molecule has 1 aromatic rings. The predicted molar refractivity (Wildman–Crippen MR) is 130 cm³/mol. The number of carbonyl (C=O) groups excluding carboxylic acids is 2. The fourth-order valence-electron chi connectivity index (χ4n) is 3.77. The summed E-state index contributed by atoms with van der Waals surface area (Å²) in [6.07, 6.45) is -27.0. The topological polar surface area (TPSA) is 107 Å². The van der Waals surface area contributed by atoms with E-state index in [0.717, 1.165) is 12.1 Å². The Morgan fingerprint density at radius 3 is 2.00 bits per heavy atom. The third kappa shape index (κ3) is 10.8. The number of benzene rings is 1. The Bertz CT molecular complexity index is 1110. The zero-order valence-corrected chi connectivity index (χ0v) is 23.8. The van der Waals surface area contributed by atoms with Crippen molar-refractivity contribution in [1.82, 2.24) is 9.80 Å². The van der Waals surface area contributed by atoms with Crippen LogP contribution in [-0.2, 0) is 31.7 Å². The number of alkyl halides is 9. The summed E-state index contributed by atoms with van der Waals surface area (Å²) in [7, 11) is 0. The third-order valence-corrected chi connectivity index (χ3v) is 6.04. The molecule has 1 aliphatic heterocycles. The van der Waals surface area contributed by atoms with E-state index >= 15 is 0 Å². The lowest BCUT2D eigenvalue weighted by atomic mass is 10.1. The summed E-state index contributed by atoms with van der Waals surface area (Å²) in [5.41, 5.74) is -2.68. The van der Waals surface area contributed by atoms with E-state index in [1.807, 2.05) is 0 Å². The Kier molecular flexibility index (Phi) is 12.0. The third-order valence-electron chi connectivity index (χ3n) is 6.04. The first-order valence-corrected chi connectivity index (χ1v) is 12.9. The van der Waals surface area contributed by atoms with Crippen molar-refractivity contribution in [3.05, 3.63) is 29.3 Å². The van der Waals surface area contributed by atoms with Gasteiger partial charge in [0.1, 0.15) is 5.75 Å². The van der Waals surface area contributed by atoms with Gasteiger partial charge in [0.25, 0.3) is 6.10 Å². The number of piperazine rings is 1. The van der Waals surface area contributed by atoms with Crippen LogP contribution in [0, 0.1) is 0 Å². The minimum absolute atomic E-state index is 0.00322. The predicted octanol–water partition coefficient (Wildman–Crippen LogP) is 5.46. The first kappa shape index (κ1) is 37.0. The SMILES string of the molecule is CCOC(=O)OC(C)OC(O)C(C)(C)Oc1cc(C(F)(F)F)ccc1CN1CCN(C(=O)OC(C(F)(F)F)C(F)(F)F)CC1. The highest BCUT2D eigenvalue weighted by Gasteiger charge is 2.60. The smallest absolute Gasteiger partial charge is 0.482 e. The Balaban J connectivity index is 2.15. The fourth-order valence-corrected chi connectivity index (χ4v) is 3.77. The van der Waals surface area contributed by atoms with Gasteiger partial charge in [0, 0.05) is 38.3 Å². The molecule has 2 atom stereocenters. The molecule has 0 saturated carbocycles. The molecule has 1 aliphatic rings. The molecule has 1 fully saturated rings. The fraction of sp³-hybridized carbons (Fsp3) is 0.680. The largest absolute Gasteiger partial charge is 0.510 e. The molecule has 0 spiro atoms. The van der Waals surface area contributed by atoms with Crippen LogP contribution >= 0.6 is 0 Å². The summed E-state index contributed by atoms with van der Waals surface area (Å²) in [5.74, 6) is -0.341. The summed E-state index contributed by atoms with van der Waals surface area (Å²) < 4.78 is 141. The van der Waals surface area contributed by atoms with E-state index < -0.39 is 60.6 Å². The summed E-state index contributed by atoms with van der Waals surface area (Å²) >= 11 is 0. The zero-order chi connectivity index (χ0) is 33.7. The number of amides is 1. The van der Waals surface area contributed by atoms with E-state index in [1.165, 1.54) is 27.7 Å². The second-order valence-corrected chi connectivity index (χ2v) is 9.99. The van der Waals surface area contributed by atoms with Crippen molar-refractivity contribution < 1.29 is 77.9 Å². The molecule has 2 unspecified atom stereocenters. The van der Waals surface area contributed by atoms with Crippen molar-refractivity contribution in [3.8, 4) is 5.75 Å². The van der Waals surface area contributed by atoms with Crippen LogP contribution in [0.4, 0.5) is 49.1 Å². The molecule has 44 heavy (non-hydrogen) atoms. The Morgan fingerprint density at radius 2 is 1.50 bits per heavy atom. The highest BCUT2D eigenvalue weighted by atomic mass is 19.4. The molecule has 19 heteroatoms. The first-order valence-electron chi connectivity index (χ1n) is 12.9.